The van der Waals surface area contributed by atoms with Crippen molar-refractivity contribution in [3.05, 3.63) is 0 Å². The zero-order chi connectivity index (χ0) is 10.3. The number of amides is 2. The lowest BCUT2D eigenvalue weighted by Crippen LogP contribution is -2.43. The molecule has 2 amide bonds. The molecule has 0 aliphatic carbocycles. The Balaban J connectivity index is 3.92. The zero-order valence-electron chi connectivity index (χ0n) is 8.17. The molecule has 0 saturated carbocycles. The number of nitrogens with two attached hydrogens (primary N) is 1. The van der Waals surface area contributed by atoms with Gasteiger partial charge < -0.3 is 16.0 Å². The maximum Gasteiger partial charge on any atom is 0.317 e. The van der Waals surface area contributed by atoms with Crippen LogP contribution in [0.25, 0.3) is 0 Å². The standard InChI is InChI=1S/C8H17N3OS/c1-3-5-10-8(12)11(4-2)6-7(9)13/h3-6H2,1-2H3,(H2,9,13)(H,10,12). The first-order chi connectivity index (χ1) is 6.11. The normalized spacial score (nSPS) is 9.38. The van der Waals surface area contributed by atoms with E-state index in [1.54, 1.807) is 4.90 Å². The van der Waals surface area contributed by atoms with Crippen molar-refractivity contribution in [1.82, 2.24) is 10.2 Å². The van der Waals surface area contributed by atoms with Crippen LogP contribution in [0.2, 0.25) is 0 Å². The van der Waals surface area contributed by atoms with Gasteiger partial charge in [-0.25, -0.2) is 4.79 Å². The second-order valence-corrected chi connectivity index (χ2v) is 3.24. The summed E-state index contributed by atoms with van der Waals surface area (Å²) in [7, 11) is 0. The lowest BCUT2D eigenvalue weighted by atomic mass is 10.4. The van der Waals surface area contributed by atoms with Crippen LogP contribution in [0.15, 0.2) is 0 Å². The van der Waals surface area contributed by atoms with E-state index in [1.165, 1.54) is 0 Å². The number of hydrogen-bond acceptors (Lipinski definition) is 2. The molecule has 0 bridgehead atoms. The number of hydrogen-bond donors (Lipinski definition) is 2. The van der Waals surface area contributed by atoms with Crippen molar-refractivity contribution >= 4 is 23.2 Å². The number of nitrogens with one attached hydrogen (secondary N) is 1. The highest BCUT2D eigenvalue weighted by Gasteiger charge is 2.10. The number of nitrogens with zero attached hydrogens (tertiary/aromatic N) is 1. The minimum Gasteiger partial charge on any atom is -0.392 e. The van der Waals surface area contributed by atoms with E-state index in [4.69, 9.17) is 18.0 Å². The molecule has 5 heteroatoms. The molecule has 13 heavy (non-hydrogen) atoms. The Morgan fingerprint density at radius 1 is 1.54 bits per heavy atom. The third-order valence-electron chi connectivity index (χ3n) is 1.54. The highest BCUT2D eigenvalue weighted by atomic mass is 32.1. The number of carbonyl (C=O) groups excluding carboxylic acids is 1. The fourth-order valence-corrected chi connectivity index (χ4v) is 1.01. The Kier molecular flexibility index (Phi) is 6.22. The first-order valence-corrected chi connectivity index (χ1v) is 4.83. The Morgan fingerprint density at radius 2 is 2.15 bits per heavy atom. The fraction of sp³-hybridized carbons (Fsp3) is 0.750. The number of thiocarbonyl (C=S) groups is 1. The molecule has 0 unspecified atom stereocenters. The van der Waals surface area contributed by atoms with Crippen molar-refractivity contribution in [3.63, 3.8) is 0 Å². The van der Waals surface area contributed by atoms with E-state index in [1.807, 2.05) is 13.8 Å². The summed E-state index contributed by atoms with van der Waals surface area (Å²) in [6, 6.07) is -0.0999. The zero-order valence-corrected chi connectivity index (χ0v) is 8.99. The van der Waals surface area contributed by atoms with Crippen LogP contribution in [-0.4, -0.2) is 35.6 Å². The van der Waals surface area contributed by atoms with Gasteiger partial charge in [-0.15, -0.1) is 0 Å². The maximum absolute atomic E-state index is 11.4. The Hall–Kier alpha value is -0.840. The first-order valence-electron chi connectivity index (χ1n) is 4.42. The molecule has 0 fully saturated rings. The Morgan fingerprint density at radius 3 is 2.54 bits per heavy atom. The van der Waals surface area contributed by atoms with Crippen molar-refractivity contribution in [3.8, 4) is 0 Å². The molecule has 0 aromatic rings. The van der Waals surface area contributed by atoms with E-state index >= 15 is 0 Å². The van der Waals surface area contributed by atoms with Gasteiger partial charge >= 0.3 is 6.03 Å². The minimum atomic E-state index is -0.0999. The van der Waals surface area contributed by atoms with E-state index in [-0.39, 0.29) is 6.03 Å². The molecule has 0 heterocycles. The van der Waals surface area contributed by atoms with Gasteiger partial charge in [0.25, 0.3) is 0 Å². The summed E-state index contributed by atoms with van der Waals surface area (Å²) in [6.07, 6.45) is 0.927. The highest BCUT2D eigenvalue weighted by Crippen LogP contribution is 1.89. The summed E-state index contributed by atoms with van der Waals surface area (Å²) in [4.78, 5) is 13.3. The van der Waals surface area contributed by atoms with Crippen LogP contribution in [-0.2, 0) is 0 Å². The van der Waals surface area contributed by atoms with E-state index in [0.717, 1.165) is 6.42 Å². The molecule has 0 aliphatic heterocycles. The summed E-state index contributed by atoms with van der Waals surface area (Å²) in [5.74, 6) is 0. The average molecular weight is 203 g/mol. The molecule has 3 N–H and O–H groups in total. The fourth-order valence-electron chi connectivity index (χ4n) is 0.859. The minimum absolute atomic E-state index is 0.0999. The van der Waals surface area contributed by atoms with Crippen LogP contribution in [0.3, 0.4) is 0 Å². The lowest BCUT2D eigenvalue weighted by Gasteiger charge is -2.20. The van der Waals surface area contributed by atoms with Crippen molar-refractivity contribution < 1.29 is 4.79 Å². The summed E-state index contributed by atoms with van der Waals surface area (Å²) < 4.78 is 0. The van der Waals surface area contributed by atoms with Crippen LogP contribution in [0.4, 0.5) is 4.79 Å². The summed E-state index contributed by atoms with van der Waals surface area (Å²) in [5.41, 5.74) is 5.35. The molecule has 0 aliphatic rings. The van der Waals surface area contributed by atoms with Gasteiger partial charge in [-0.3, -0.25) is 0 Å². The van der Waals surface area contributed by atoms with Crippen molar-refractivity contribution in [2.75, 3.05) is 19.6 Å². The van der Waals surface area contributed by atoms with Gasteiger partial charge in [0, 0.05) is 13.1 Å². The van der Waals surface area contributed by atoms with Gasteiger partial charge in [0.2, 0.25) is 0 Å². The maximum atomic E-state index is 11.4. The molecule has 0 aromatic carbocycles. The first kappa shape index (κ1) is 12.2. The van der Waals surface area contributed by atoms with Gasteiger partial charge in [-0.05, 0) is 13.3 Å². The molecule has 0 aromatic heterocycles. The summed E-state index contributed by atoms with van der Waals surface area (Å²) in [5, 5.41) is 2.76. The Labute approximate surface area is 84.5 Å². The predicted molar refractivity (Wildman–Crippen MR) is 57.7 cm³/mol. The van der Waals surface area contributed by atoms with Crippen LogP contribution < -0.4 is 11.1 Å². The topological polar surface area (TPSA) is 58.4 Å². The van der Waals surface area contributed by atoms with Crippen molar-refractivity contribution in [1.29, 1.82) is 0 Å². The smallest absolute Gasteiger partial charge is 0.317 e. The summed E-state index contributed by atoms with van der Waals surface area (Å²) in [6.45, 7) is 5.55. The molecule has 0 saturated heterocycles. The lowest BCUT2D eigenvalue weighted by molar-refractivity contribution is 0.207. The van der Waals surface area contributed by atoms with Gasteiger partial charge in [0.1, 0.15) is 0 Å². The molecular weight excluding hydrogens is 186 g/mol. The molecule has 0 radical (unpaired) electrons. The third-order valence-corrected chi connectivity index (χ3v) is 1.67. The van der Waals surface area contributed by atoms with E-state index in [2.05, 4.69) is 5.32 Å². The predicted octanol–water partition coefficient (Wildman–Crippen LogP) is 0.714. The monoisotopic (exact) mass is 203 g/mol. The quantitative estimate of drug-likeness (QED) is 0.647. The second kappa shape index (κ2) is 6.65. The van der Waals surface area contributed by atoms with Crippen LogP contribution in [0.1, 0.15) is 20.3 Å². The molecule has 0 spiro atoms. The number of urea groups is 1. The average Bonchev–Trinajstić information content (AvgIpc) is 2.09. The molecule has 0 atom stereocenters. The molecular formula is C8H17N3OS. The number of carbonyl (C=O) groups is 1. The van der Waals surface area contributed by atoms with Crippen LogP contribution in [0, 0.1) is 0 Å². The van der Waals surface area contributed by atoms with Crippen molar-refractivity contribution in [2.45, 2.75) is 20.3 Å². The summed E-state index contributed by atoms with van der Waals surface area (Å²) >= 11 is 4.73. The molecule has 0 rings (SSSR count). The number of rotatable bonds is 5. The van der Waals surface area contributed by atoms with Crippen molar-refractivity contribution in [2.24, 2.45) is 5.73 Å². The van der Waals surface area contributed by atoms with Gasteiger partial charge in [0.05, 0.1) is 11.5 Å². The largest absolute Gasteiger partial charge is 0.392 e. The highest BCUT2D eigenvalue weighted by molar-refractivity contribution is 7.80. The third kappa shape index (κ3) is 5.41. The van der Waals surface area contributed by atoms with E-state index in [0.29, 0.717) is 24.6 Å². The van der Waals surface area contributed by atoms with Gasteiger partial charge in [-0.1, -0.05) is 19.1 Å². The molecule has 76 valence electrons. The van der Waals surface area contributed by atoms with E-state index in [9.17, 15) is 4.79 Å². The molecule has 4 nitrogen and oxygen atoms in total. The van der Waals surface area contributed by atoms with Gasteiger partial charge in [-0.2, -0.15) is 0 Å². The second-order valence-electron chi connectivity index (χ2n) is 2.71. The van der Waals surface area contributed by atoms with E-state index < -0.39 is 0 Å². The number of likely N-dealkylation sites (N-methyl/N-ethyl adjacent to an activating group) is 1. The Bertz CT molecular complexity index is 184. The SMILES string of the molecule is CCCNC(=O)N(CC)CC(N)=S. The van der Waals surface area contributed by atoms with Gasteiger partial charge in [0.15, 0.2) is 0 Å². The van der Waals surface area contributed by atoms with Crippen LogP contribution >= 0.6 is 12.2 Å². The van der Waals surface area contributed by atoms with Crippen LogP contribution in [0.5, 0.6) is 0 Å².